The van der Waals surface area contributed by atoms with Crippen molar-refractivity contribution in [2.24, 2.45) is 0 Å². The highest BCUT2D eigenvalue weighted by atomic mass is 32.2. The maximum atomic E-state index is 14.0. The molecule has 3 aromatic rings. The summed E-state index contributed by atoms with van der Waals surface area (Å²) in [6, 6.07) is 22.6. The van der Waals surface area contributed by atoms with E-state index in [2.05, 4.69) is 5.32 Å². The van der Waals surface area contributed by atoms with Crippen LogP contribution in [-0.4, -0.2) is 57.3 Å². The second kappa shape index (κ2) is 12.7. The Labute approximate surface area is 229 Å². The predicted molar refractivity (Wildman–Crippen MR) is 149 cm³/mol. The number of anilines is 1. The summed E-state index contributed by atoms with van der Waals surface area (Å²) in [5.41, 5.74) is 1.97. The number of nitrogens with zero attached hydrogens (tertiary/aromatic N) is 2. The minimum atomic E-state index is -3.87. The van der Waals surface area contributed by atoms with Crippen molar-refractivity contribution >= 4 is 27.5 Å². The molecule has 0 aromatic heterocycles. The molecule has 1 heterocycles. The minimum Gasteiger partial charge on any atom is -0.454 e. The van der Waals surface area contributed by atoms with E-state index in [-0.39, 0.29) is 31.4 Å². The number of hydrogen-bond donors (Lipinski definition) is 1. The lowest BCUT2D eigenvalue weighted by atomic mass is 10.0. The fourth-order valence-corrected chi connectivity index (χ4v) is 5.20. The molecule has 0 bridgehead atoms. The van der Waals surface area contributed by atoms with Gasteiger partial charge in [0.1, 0.15) is 12.6 Å². The van der Waals surface area contributed by atoms with Crippen LogP contribution in [0.3, 0.4) is 0 Å². The van der Waals surface area contributed by atoms with Crippen molar-refractivity contribution < 1.29 is 27.5 Å². The SMILES string of the molecule is CCCNC(=O)[C@@H](Cc1ccccc1)N(Cc1ccccc1)C(=O)CN(c1ccc2c(c1)OCO2)S(C)(=O)=O. The lowest BCUT2D eigenvalue weighted by molar-refractivity contribution is -0.140. The Morgan fingerprint density at radius 1 is 0.923 bits per heavy atom. The average Bonchev–Trinajstić information content (AvgIpc) is 3.40. The van der Waals surface area contributed by atoms with Crippen LogP contribution in [0.2, 0.25) is 0 Å². The second-order valence-corrected chi connectivity index (χ2v) is 11.2. The summed E-state index contributed by atoms with van der Waals surface area (Å²) in [4.78, 5) is 28.9. The van der Waals surface area contributed by atoms with Gasteiger partial charge in [-0.25, -0.2) is 8.42 Å². The molecular formula is C29H33N3O6S. The first kappa shape index (κ1) is 28.0. The van der Waals surface area contributed by atoms with Gasteiger partial charge < -0.3 is 19.7 Å². The summed E-state index contributed by atoms with van der Waals surface area (Å²) in [7, 11) is -3.87. The molecule has 1 N–H and O–H groups in total. The van der Waals surface area contributed by atoms with Gasteiger partial charge in [0.05, 0.1) is 11.9 Å². The summed E-state index contributed by atoms with van der Waals surface area (Å²) in [6.07, 6.45) is 2.06. The molecule has 0 radical (unpaired) electrons. The Bertz CT molecular complexity index is 1380. The van der Waals surface area contributed by atoms with Crippen LogP contribution in [-0.2, 0) is 32.6 Å². The molecule has 39 heavy (non-hydrogen) atoms. The molecule has 1 atom stereocenters. The standard InChI is InChI=1S/C29H33N3O6S/c1-3-16-30-29(34)25(17-22-10-6-4-7-11-22)31(19-23-12-8-5-9-13-23)28(33)20-32(39(2,35)36)24-14-15-26-27(18-24)38-21-37-26/h4-15,18,25H,3,16-17,19-21H2,1-2H3,(H,30,34)/t25-/m1/s1. The van der Waals surface area contributed by atoms with E-state index in [0.29, 0.717) is 18.0 Å². The number of nitrogens with one attached hydrogen (secondary N) is 1. The highest BCUT2D eigenvalue weighted by Gasteiger charge is 2.33. The van der Waals surface area contributed by atoms with Gasteiger partial charge in [-0.05, 0) is 29.7 Å². The third-order valence-electron chi connectivity index (χ3n) is 6.34. The van der Waals surface area contributed by atoms with Gasteiger partial charge in [-0.1, -0.05) is 67.6 Å². The van der Waals surface area contributed by atoms with Crippen molar-refractivity contribution in [3.8, 4) is 11.5 Å². The summed E-state index contributed by atoms with van der Waals surface area (Å²) in [6.45, 7) is 2.10. The lowest BCUT2D eigenvalue weighted by Crippen LogP contribution is -2.53. The zero-order valence-corrected chi connectivity index (χ0v) is 22.9. The van der Waals surface area contributed by atoms with Gasteiger partial charge in [-0.2, -0.15) is 0 Å². The topological polar surface area (TPSA) is 105 Å². The van der Waals surface area contributed by atoms with Crippen molar-refractivity contribution in [1.29, 1.82) is 0 Å². The minimum absolute atomic E-state index is 0.0372. The largest absolute Gasteiger partial charge is 0.454 e. The molecule has 0 spiro atoms. The number of carbonyl (C=O) groups is 2. The van der Waals surface area contributed by atoms with Gasteiger partial charge >= 0.3 is 0 Å². The van der Waals surface area contributed by atoms with Crippen molar-refractivity contribution in [2.45, 2.75) is 32.4 Å². The van der Waals surface area contributed by atoms with Crippen LogP contribution < -0.4 is 19.1 Å². The summed E-state index contributed by atoms with van der Waals surface area (Å²) < 4.78 is 37.6. The molecule has 0 unspecified atom stereocenters. The quantitative estimate of drug-likeness (QED) is 0.370. The third kappa shape index (κ3) is 7.29. The van der Waals surface area contributed by atoms with Crippen LogP contribution in [0, 0.1) is 0 Å². The summed E-state index contributed by atoms with van der Waals surface area (Å²) in [5.74, 6) is 0.101. The molecule has 0 fully saturated rings. The third-order valence-corrected chi connectivity index (χ3v) is 7.48. The normalized spacial score (nSPS) is 13.0. The van der Waals surface area contributed by atoms with E-state index in [0.717, 1.165) is 28.1 Å². The number of benzene rings is 3. The van der Waals surface area contributed by atoms with E-state index in [4.69, 9.17) is 9.47 Å². The first-order valence-electron chi connectivity index (χ1n) is 12.8. The van der Waals surface area contributed by atoms with Gasteiger partial charge in [0.2, 0.25) is 28.6 Å². The number of fused-ring (bicyclic) bond motifs is 1. The van der Waals surface area contributed by atoms with E-state index in [9.17, 15) is 18.0 Å². The van der Waals surface area contributed by atoms with Gasteiger partial charge in [-0.3, -0.25) is 13.9 Å². The van der Waals surface area contributed by atoms with Crippen LogP contribution in [0.1, 0.15) is 24.5 Å². The zero-order chi connectivity index (χ0) is 27.8. The molecule has 0 saturated carbocycles. The van der Waals surface area contributed by atoms with Crippen LogP contribution in [0.4, 0.5) is 5.69 Å². The van der Waals surface area contributed by atoms with Gasteiger partial charge in [0.25, 0.3) is 0 Å². The first-order chi connectivity index (χ1) is 18.8. The Morgan fingerprint density at radius 2 is 1.56 bits per heavy atom. The smallest absolute Gasteiger partial charge is 0.244 e. The highest BCUT2D eigenvalue weighted by Crippen LogP contribution is 2.36. The molecule has 0 aliphatic carbocycles. The zero-order valence-electron chi connectivity index (χ0n) is 22.1. The van der Waals surface area contributed by atoms with Gasteiger partial charge in [0, 0.05) is 25.6 Å². The van der Waals surface area contributed by atoms with Crippen LogP contribution in [0.15, 0.2) is 78.9 Å². The molecule has 10 heteroatoms. The van der Waals surface area contributed by atoms with E-state index in [1.165, 1.54) is 11.0 Å². The fourth-order valence-electron chi connectivity index (χ4n) is 4.35. The fraction of sp³-hybridized carbons (Fsp3) is 0.310. The number of hydrogen-bond acceptors (Lipinski definition) is 6. The highest BCUT2D eigenvalue weighted by molar-refractivity contribution is 7.92. The van der Waals surface area contributed by atoms with E-state index >= 15 is 0 Å². The van der Waals surface area contributed by atoms with Crippen molar-refractivity contribution in [3.63, 3.8) is 0 Å². The molecule has 1 aliphatic rings. The average molecular weight is 552 g/mol. The van der Waals surface area contributed by atoms with Crippen molar-refractivity contribution in [2.75, 3.05) is 30.4 Å². The molecule has 3 aromatic carbocycles. The van der Waals surface area contributed by atoms with Crippen LogP contribution in [0.5, 0.6) is 11.5 Å². The Hall–Kier alpha value is -4.05. The van der Waals surface area contributed by atoms with Gasteiger partial charge in [-0.15, -0.1) is 0 Å². The van der Waals surface area contributed by atoms with Crippen LogP contribution in [0.25, 0.3) is 0 Å². The number of ether oxygens (including phenoxy) is 2. The van der Waals surface area contributed by atoms with E-state index in [1.807, 2.05) is 67.6 Å². The Kier molecular flexibility index (Phi) is 9.08. The number of amides is 2. The Balaban J connectivity index is 1.70. The van der Waals surface area contributed by atoms with Crippen molar-refractivity contribution in [3.05, 3.63) is 90.0 Å². The number of sulfonamides is 1. The van der Waals surface area contributed by atoms with E-state index < -0.39 is 28.5 Å². The number of rotatable bonds is 12. The first-order valence-corrected chi connectivity index (χ1v) is 14.6. The molecule has 9 nitrogen and oxygen atoms in total. The summed E-state index contributed by atoms with van der Waals surface area (Å²) >= 11 is 0. The molecule has 4 rings (SSSR count). The number of carbonyl (C=O) groups excluding carboxylic acids is 2. The molecule has 206 valence electrons. The maximum Gasteiger partial charge on any atom is 0.244 e. The molecule has 2 amide bonds. The molecular weight excluding hydrogens is 518 g/mol. The monoisotopic (exact) mass is 551 g/mol. The lowest BCUT2D eigenvalue weighted by Gasteiger charge is -2.33. The van der Waals surface area contributed by atoms with Crippen molar-refractivity contribution in [1.82, 2.24) is 10.2 Å². The predicted octanol–water partition coefficient (Wildman–Crippen LogP) is 3.35. The molecule has 0 saturated heterocycles. The van der Waals surface area contributed by atoms with E-state index in [1.54, 1.807) is 12.1 Å². The maximum absolute atomic E-state index is 14.0. The second-order valence-electron chi connectivity index (χ2n) is 9.31. The van der Waals surface area contributed by atoms with Crippen LogP contribution >= 0.6 is 0 Å². The summed E-state index contributed by atoms with van der Waals surface area (Å²) in [5, 5.41) is 2.92. The Morgan fingerprint density at radius 3 is 2.21 bits per heavy atom. The molecule has 1 aliphatic heterocycles. The van der Waals surface area contributed by atoms with Gasteiger partial charge in [0.15, 0.2) is 11.5 Å².